The van der Waals surface area contributed by atoms with Crippen molar-refractivity contribution < 1.29 is 24.0 Å². The van der Waals surface area contributed by atoms with Crippen molar-refractivity contribution in [3.8, 4) is 0 Å². The second-order valence-electron chi connectivity index (χ2n) is 5.05. The zero-order valence-electron chi connectivity index (χ0n) is 13.2. The zero-order chi connectivity index (χ0) is 17.7. The molecule has 0 bridgehead atoms. The second-order valence-corrected chi connectivity index (χ2v) is 5.05. The van der Waals surface area contributed by atoms with Gasteiger partial charge in [-0.05, 0) is 24.6 Å². The van der Waals surface area contributed by atoms with Crippen LogP contribution in [0.25, 0.3) is 0 Å². The van der Waals surface area contributed by atoms with Crippen molar-refractivity contribution in [2.24, 2.45) is 0 Å². The lowest BCUT2D eigenvalue weighted by atomic mass is 9.95. The smallest absolute Gasteiger partial charge is 0.338 e. The van der Waals surface area contributed by atoms with Gasteiger partial charge in [-0.3, -0.25) is 10.1 Å². The minimum atomic E-state index is -0.755. The number of nitrogens with one attached hydrogen (secondary N) is 2. The van der Waals surface area contributed by atoms with Gasteiger partial charge in [-0.2, -0.15) is 0 Å². The van der Waals surface area contributed by atoms with E-state index in [4.69, 9.17) is 9.47 Å². The minimum absolute atomic E-state index is 0.0764. The maximum Gasteiger partial charge on any atom is 0.338 e. The first-order chi connectivity index (χ1) is 11.4. The summed E-state index contributed by atoms with van der Waals surface area (Å²) in [4.78, 5) is 34.3. The molecule has 1 atom stereocenters. The highest BCUT2D eigenvalue weighted by atomic mass is 16.6. The SMILES string of the molecule is COCCOC(=O)C1=C(C)NC(=O)N[C@@H]1c1ccc([N+](=O)[O-])cc1. The van der Waals surface area contributed by atoms with Crippen molar-refractivity contribution in [2.45, 2.75) is 13.0 Å². The minimum Gasteiger partial charge on any atom is -0.460 e. The largest absolute Gasteiger partial charge is 0.460 e. The Labute approximate surface area is 137 Å². The van der Waals surface area contributed by atoms with E-state index < -0.39 is 23.0 Å². The van der Waals surface area contributed by atoms with Crippen molar-refractivity contribution in [1.82, 2.24) is 10.6 Å². The average Bonchev–Trinajstić information content (AvgIpc) is 2.54. The van der Waals surface area contributed by atoms with Gasteiger partial charge in [0.1, 0.15) is 6.61 Å². The Kier molecular flexibility index (Phi) is 5.48. The number of nitro benzene ring substituents is 1. The van der Waals surface area contributed by atoms with E-state index in [0.717, 1.165) is 0 Å². The highest BCUT2D eigenvalue weighted by Gasteiger charge is 2.32. The summed E-state index contributed by atoms with van der Waals surface area (Å²) < 4.78 is 9.95. The quantitative estimate of drug-likeness (QED) is 0.351. The maximum absolute atomic E-state index is 12.3. The molecule has 9 heteroatoms. The molecule has 0 spiro atoms. The highest BCUT2D eigenvalue weighted by Crippen LogP contribution is 2.28. The number of amides is 2. The van der Waals surface area contributed by atoms with Crippen molar-refractivity contribution in [2.75, 3.05) is 20.3 Å². The van der Waals surface area contributed by atoms with E-state index in [1.54, 1.807) is 6.92 Å². The summed E-state index contributed by atoms with van der Waals surface area (Å²) in [6.07, 6.45) is 0. The van der Waals surface area contributed by atoms with Crippen LogP contribution in [0.2, 0.25) is 0 Å². The number of non-ortho nitro benzene ring substituents is 1. The Morgan fingerprint density at radius 3 is 2.54 bits per heavy atom. The van der Waals surface area contributed by atoms with Gasteiger partial charge in [0.25, 0.3) is 5.69 Å². The number of benzene rings is 1. The van der Waals surface area contributed by atoms with Crippen LogP contribution in [0, 0.1) is 10.1 Å². The van der Waals surface area contributed by atoms with Gasteiger partial charge in [-0.15, -0.1) is 0 Å². The number of esters is 1. The molecule has 2 amide bonds. The predicted molar refractivity (Wildman–Crippen MR) is 83.0 cm³/mol. The molecule has 0 saturated heterocycles. The molecule has 1 aromatic rings. The van der Waals surface area contributed by atoms with Crippen molar-refractivity contribution in [3.05, 3.63) is 51.2 Å². The molecule has 1 heterocycles. The normalized spacial score (nSPS) is 17.1. The van der Waals surface area contributed by atoms with Crippen LogP contribution in [0.15, 0.2) is 35.5 Å². The monoisotopic (exact) mass is 335 g/mol. The number of hydrogen-bond acceptors (Lipinski definition) is 6. The van der Waals surface area contributed by atoms with Gasteiger partial charge < -0.3 is 20.1 Å². The molecule has 0 unspecified atom stereocenters. The van der Waals surface area contributed by atoms with E-state index >= 15 is 0 Å². The van der Waals surface area contributed by atoms with Gasteiger partial charge in [0.2, 0.25) is 0 Å². The Balaban J connectivity index is 2.30. The summed E-state index contributed by atoms with van der Waals surface area (Å²) in [7, 11) is 1.49. The molecule has 1 aliphatic heterocycles. The summed E-state index contributed by atoms with van der Waals surface area (Å²) in [5.41, 5.74) is 1.06. The number of hydrogen-bond donors (Lipinski definition) is 2. The third-order valence-electron chi connectivity index (χ3n) is 3.45. The molecule has 0 aromatic heterocycles. The topological polar surface area (TPSA) is 120 Å². The van der Waals surface area contributed by atoms with Crippen molar-refractivity contribution in [3.63, 3.8) is 0 Å². The summed E-state index contributed by atoms with van der Waals surface area (Å²) >= 11 is 0. The number of carbonyl (C=O) groups is 2. The van der Waals surface area contributed by atoms with E-state index in [1.807, 2.05) is 0 Å². The van der Waals surface area contributed by atoms with Gasteiger partial charge in [0.05, 0.1) is 23.1 Å². The molecule has 0 radical (unpaired) electrons. The van der Waals surface area contributed by atoms with Crippen LogP contribution < -0.4 is 10.6 Å². The second kappa shape index (κ2) is 7.55. The first kappa shape index (κ1) is 17.4. The fraction of sp³-hybridized carbons (Fsp3) is 0.333. The molecular weight excluding hydrogens is 318 g/mol. The average molecular weight is 335 g/mol. The van der Waals surface area contributed by atoms with E-state index in [9.17, 15) is 19.7 Å². The van der Waals surface area contributed by atoms with Crippen LogP contribution in [0.3, 0.4) is 0 Å². The van der Waals surface area contributed by atoms with Gasteiger partial charge in [0, 0.05) is 24.9 Å². The van der Waals surface area contributed by atoms with Crippen molar-refractivity contribution in [1.29, 1.82) is 0 Å². The third-order valence-corrected chi connectivity index (χ3v) is 3.45. The number of urea groups is 1. The number of ether oxygens (including phenoxy) is 2. The maximum atomic E-state index is 12.3. The molecule has 24 heavy (non-hydrogen) atoms. The van der Waals surface area contributed by atoms with Crippen molar-refractivity contribution >= 4 is 17.7 Å². The Bertz CT molecular complexity index is 683. The first-order valence-corrected chi connectivity index (χ1v) is 7.12. The lowest BCUT2D eigenvalue weighted by molar-refractivity contribution is -0.384. The predicted octanol–water partition coefficient (Wildman–Crippen LogP) is 1.41. The number of nitrogens with zero attached hydrogens (tertiary/aromatic N) is 1. The van der Waals surface area contributed by atoms with E-state index in [2.05, 4.69) is 10.6 Å². The molecule has 0 aliphatic carbocycles. The molecule has 128 valence electrons. The van der Waals surface area contributed by atoms with E-state index in [0.29, 0.717) is 11.3 Å². The zero-order valence-corrected chi connectivity index (χ0v) is 13.2. The van der Waals surface area contributed by atoms with E-state index in [1.165, 1.54) is 31.4 Å². The van der Waals surface area contributed by atoms with Crippen LogP contribution >= 0.6 is 0 Å². The van der Waals surface area contributed by atoms with Gasteiger partial charge >= 0.3 is 12.0 Å². The fourth-order valence-electron chi connectivity index (χ4n) is 2.30. The number of allylic oxidation sites excluding steroid dienone is 1. The summed E-state index contributed by atoms with van der Waals surface area (Å²) in [6, 6.07) is 4.38. The van der Waals surface area contributed by atoms with Gasteiger partial charge in [0.15, 0.2) is 0 Å². The van der Waals surface area contributed by atoms with Crippen LogP contribution in [-0.2, 0) is 14.3 Å². The standard InChI is InChI=1S/C15H17N3O6/c1-9-12(14(19)24-8-7-23-2)13(17-15(20)16-9)10-3-5-11(6-4-10)18(21)22/h3-6,13H,7-8H2,1-2H3,(H2,16,17,20)/t13-/m1/s1. The number of methoxy groups -OCH3 is 1. The lowest BCUT2D eigenvalue weighted by Crippen LogP contribution is -2.45. The molecule has 2 N–H and O–H groups in total. The van der Waals surface area contributed by atoms with Gasteiger partial charge in [-0.1, -0.05) is 0 Å². The Hall–Kier alpha value is -2.94. The number of carbonyl (C=O) groups excluding carboxylic acids is 2. The Morgan fingerprint density at radius 2 is 1.96 bits per heavy atom. The number of nitro groups is 1. The molecule has 1 aliphatic rings. The molecule has 0 fully saturated rings. The summed E-state index contributed by atoms with van der Waals surface area (Å²) in [5.74, 6) is -0.597. The van der Waals surface area contributed by atoms with Gasteiger partial charge in [-0.25, -0.2) is 9.59 Å². The van der Waals surface area contributed by atoms with Crippen LogP contribution in [0.5, 0.6) is 0 Å². The molecule has 9 nitrogen and oxygen atoms in total. The van der Waals surface area contributed by atoms with E-state index in [-0.39, 0.29) is 24.5 Å². The Morgan fingerprint density at radius 1 is 1.29 bits per heavy atom. The third kappa shape index (κ3) is 3.87. The number of rotatable bonds is 6. The highest BCUT2D eigenvalue weighted by molar-refractivity contribution is 5.95. The molecule has 2 rings (SSSR count). The molecule has 1 aromatic carbocycles. The molecular formula is C15H17N3O6. The lowest BCUT2D eigenvalue weighted by Gasteiger charge is -2.28. The fourth-order valence-corrected chi connectivity index (χ4v) is 2.30. The van der Waals surface area contributed by atoms with Crippen LogP contribution in [-0.4, -0.2) is 37.2 Å². The first-order valence-electron chi connectivity index (χ1n) is 7.12. The van der Waals surface area contributed by atoms with Crippen LogP contribution in [0.4, 0.5) is 10.5 Å². The summed E-state index contributed by atoms with van der Waals surface area (Å²) in [6.45, 7) is 1.91. The summed E-state index contributed by atoms with van der Waals surface area (Å²) in [5, 5.41) is 15.9. The van der Waals surface area contributed by atoms with Crippen LogP contribution in [0.1, 0.15) is 18.5 Å². The molecule has 0 saturated carbocycles.